The van der Waals surface area contributed by atoms with Gasteiger partial charge in [0.1, 0.15) is 11.9 Å². The molecule has 3 amide bonds. The van der Waals surface area contributed by atoms with Gasteiger partial charge in [-0.1, -0.05) is 6.07 Å². The van der Waals surface area contributed by atoms with Crippen molar-refractivity contribution < 1.29 is 23.5 Å². The fraction of sp³-hybridized carbons (Fsp3) is 0.316. The Bertz CT molecular complexity index is 823. The molecule has 8 heteroatoms. The summed E-state index contributed by atoms with van der Waals surface area (Å²) in [5.41, 5.74) is 0.277. The summed E-state index contributed by atoms with van der Waals surface area (Å²) < 4.78 is 18.1. The zero-order chi connectivity index (χ0) is 19.4. The third kappa shape index (κ3) is 4.16. The lowest BCUT2D eigenvalue weighted by Gasteiger charge is -2.21. The highest BCUT2D eigenvalue weighted by Gasteiger charge is 2.46. The molecule has 1 unspecified atom stereocenters. The van der Waals surface area contributed by atoms with Crippen LogP contribution in [0.3, 0.4) is 0 Å². The van der Waals surface area contributed by atoms with Gasteiger partial charge in [0.05, 0.1) is 18.7 Å². The molecule has 0 saturated carbocycles. The monoisotopic (exact) mass is 390 g/mol. The first kappa shape index (κ1) is 19.0. The summed E-state index contributed by atoms with van der Waals surface area (Å²) >= 11 is 1.56. The maximum atomic E-state index is 13.2. The van der Waals surface area contributed by atoms with Crippen LogP contribution in [0.2, 0.25) is 0 Å². The Morgan fingerprint density at radius 2 is 1.96 bits per heavy atom. The van der Waals surface area contributed by atoms with Crippen LogP contribution in [0.15, 0.2) is 41.8 Å². The van der Waals surface area contributed by atoms with Gasteiger partial charge in [-0.05, 0) is 49.1 Å². The van der Waals surface area contributed by atoms with Gasteiger partial charge in [-0.15, -0.1) is 11.3 Å². The third-order valence-corrected chi connectivity index (χ3v) is 5.18. The van der Waals surface area contributed by atoms with Gasteiger partial charge in [0, 0.05) is 11.4 Å². The van der Waals surface area contributed by atoms with Crippen LogP contribution in [0.5, 0.6) is 0 Å². The molecular weight excluding hydrogens is 371 g/mol. The maximum Gasteiger partial charge on any atom is 0.332 e. The summed E-state index contributed by atoms with van der Waals surface area (Å²) in [6, 6.07) is 7.53. The number of imide groups is 1. The normalized spacial score (nSPS) is 16.9. The molecular formula is C19H19FN2O4S. The van der Waals surface area contributed by atoms with Gasteiger partial charge < -0.3 is 9.64 Å². The molecule has 0 radical (unpaired) electrons. The Hall–Kier alpha value is -2.74. The number of amides is 3. The lowest BCUT2D eigenvalue weighted by molar-refractivity contribution is -0.145. The molecule has 2 heterocycles. The lowest BCUT2D eigenvalue weighted by Crippen LogP contribution is -2.38. The number of nitrogens with zero attached hydrogens (tertiary/aromatic N) is 2. The van der Waals surface area contributed by atoms with Gasteiger partial charge in [0.15, 0.2) is 0 Å². The number of esters is 1. The van der Waals surface area contributed by atoms with E-state index in [9.17, 15) is 18.8 Å². The number of benzene rings is 1. The van der Waals surface area contributed by atoms with Gasteiger partial charge in [-0.2, -0.15) is 0 Å². The van der Waals surface area contributed by atoms with Crippen molar-refractivity contribution in [2.24, 2.45) is 0 Å². The Morgan fingerprint density at radius 3 is 2.59 bits per heavy atom. The van der Waals surface area contributed by atoms with E-state index >= 15 is 0 Å². The zero-order valence-electron chi connectivity index (χ0n) is 14.8. The van der Waals surface area contributed by atoms with Gasteiger partial charge in [0.25, 0.3) is 5.91 Å². The summed E-state index contributed by atoms with van der Waals surface area (Å²) in [6.07, 6.45) is 0.369. The van der Waals surface area contributed by atoms with Gasteiger partial charge >= 0.3 is 12.0 Å². The van der Waals surface area contributed by atoms with E-state index in [0.29, 0.717) is 13.0 Å². The second-order valence-corrected chi connectivity index (χ2v) is 7.01. The number of carbonyl (C=O) groups is 3. The predicted molar refractivity (Wildman–Crippen MR) is 99.0 cm³/mol. The number of halogens is 1. The molecule has 0 bridgehead atoms. The van der Waals surface area contributed by atoms with Crippen molar-refractivity contribution in [2.75, 3.05) is 18.1 Å². The van der Waals surface area contributed by atoms with Crippen molar-refractivity contribution in [1.29, 1.82) is 0 Å². The van der Waals surface area contributed by atoms with E-state index in [0.717, 1.165) is 9.78 Å². The van der Waals surface area contributed by atoms with Crippen molar-refractivity contribution in [1.82, 2.24) is 4.90 Å². The topological polar surface area (TPSA) is 66.9 Å². The molecule has 142 valence electrons. The Kier molecular flexibility index (Phi) is 5.85. The maximum absolute atomic E-state index is 13.2. The number of hydrogen-bond acceptors (Lipinski definition) is 5. The number of carbonyl (C=O) groups excluding carboxylic acids is 3. The molecule has 1 aliphatic rings. The first-order chi connectivity index (χ1) is 13.0. The number of ether oxygens (including phenoxy) is 1. The van der Waals surface area contributed by atoms with Crippen molar-refractivity contribution in [3.63, 3.8) is 0 Å². The third-order valence-electron chi connectivity index (χ3n) is 4.25. The van der Waals surface area contributed by atoms with Crippen molar-refractivity contribution in [2.45, 2.75) is 25.8 Å². The molecule has 1 aromatic carbocycles. The summed E-state index contributed by atoms with van der Waals surface area (Å²) in [5, 5.41) is 1.94. The SMILES string of the molecule is CCOC(=O)CC1C(=O)N(c2ccc(F)cc2)C(=O)N1CCc1cccs1. The van der Waals surface area contributed by atoms with E-state index < -0.39 is 29.8 Å². The highest BCUT2D eigenvalue weighted by molar-refractivity contribution is 7.09. The van der Waals surface area contributed by atoms with Crippen LogP contribution >= 0.6 is 11.3 Å². The van der Waals surface area contributed by atoms with Gasteiger partial charge in [0.2, 0.25) is 0 Å². The van der Waals surface area contributed by atoms with Crippen molar-refractivity contribution >= 4 is 34.9 Å². The number of rotatable bonds is 7. The van der Waals surface area contributed by atoms with E-state index in [4.69, 9.17) is 4.74 Å². The summed E-state index contributed by atoms with van der Waals surface area (Å²) in [6.45, 7) is 2.18. The van der Waals surface area contributed by atoms with Crippen LogP contribution in [0.25, 0.3) is 0 Å². The highest BCUT2D eigenvalue weighted by atomic mass is 32.1. The van der Waals surface area contributed by atoms with Crippen LogP contribution in [0.1, 0.15) is 18.2 Å². The first-order valence-electron chi connectivity index (χ1n) is 8.59. The molecule has 27 heavy (non-hydrogen) atoms. The Balaban J connectivity index is 1.84. The van der Waals surface area contributed by atoms with E-state index in [1.165, 1.54) is 29.2 Å². The summed E-state index contributed by atoms with van der Waals surface area (Å²) in [7, 11) is 0. The van der Waals surface area contributed by atoms with Gasteiger partial charge in [-0.25, -0.2) is 14.1 Å². The van der Waals surface area contributed by atoms with Crippen LogP contribution in [-0.2, 0) is 20.7 Å². The van der Waals surface area contributed by atoms with Crippen LogP contribution in [0.4, 0.5) is 14.9 Å². The molecule has 1 saturated heterocycles. The molecule has 0 aliphatic carbocycles. The molecule has 1 aliphatic heterocycles. The minimum Gasteiger partial charge on any atom is -0.466 e. The molecule has 1 aromatic heterocycles. The molecule has 3 rings (SSSR count). The second kappa shape index (κ2) is 8.30. The molecule has 0 N–H and O–H groups in total. The summed E-state index contributed by atoms with van der Waals surface area (Å²) in [4.78, 5) is 41.2. The van der Waals surface area contributed by atoms with E-state index in [-0.39, 0.29) is 18.7 Å². The van der Waals surface area contributed by atoms with Gasteiger partial charge in [-0.3, -0.25) is 9.59 Å². The van der Waals surface area contributed by atoms with Crippen LogP contribution in [-0.4, -0.2) is 42.0 Å². The fourth-order valence-corrected chi connectivity index (χ4v) is 3.68. The van der Waals surface area contributed by atoms with E-state index in [1.807, 2.05) is 17.5 Å². The standard InChI is InChI=1S/C19H19FN2O4S/c1-2-26-17(23)12-16-18(24)22(14-7-5-13(20)6-8-14)19(25)21(16)10-9-15-4-3-11-27-15/h3-8,11,16H,2,9-10,12H2,1H3. The average molecular weight is 390 g/mol. The number of urea groups is 1. The number of thiophene rings is 1. The largest absolute Gasteiger partial charge is 0.466 e. The molecule has 6 nitrogen and oxygen atoms in total. The van der Waals surface area contributed by atoms with Crippen molar-refractivity contribution in [3.8, 4) is 0 Å². The van der Waals surface area contributed by atoms with Crippen LogP contribution < -0.4 is 4.90 Å². The summed E-state index contributed by atoms with van der Waals surface area (Å²) in [5.74, 6) is -1.51. The van der Waals surface area contributed by atoms with Crippen molar-refractivity contribution in [3.05, 3.63) is 52.5 Å². The molecule has 1 atom stereocenters. The second-order valence-electron chi connectivity index (χ2n) is 5.98. The predicted octanol–water partition coefficient (Wildman–Crippen LogP) is 3.22. The molecule has 0 spiro atoms. The average Bonchev–Trinajstić information content (AvgIpc) is 3.23. The molecule has 1 fully saturated rings. The van der Waals surface area contributed by atoms with Crippen LogP contribution in [0, 0.1) is 5.82 Å². The Labute approximate surface area is 160 Å². The zero-order valence-corrected chi connectivity index (χ0v) is 15.6. The minimum absolute atomic E-state index is 0.199. The quantitative estimate of drug-likeness (QED) is 0.538. The number of hydrogen-bond donors (Lipinski definition) is 0. The lowest BCUT2D eigenvalue weighted by atomic mass is 10.1. The smallest absolute Gasteiger partial charge is 0.332 e. The fourth-order valence-electron chi connectivity index (χ4n) is 2.98. The van der Waals surface area contributed by atoms with E-state index in [2.05, 4.69) is 0 Å². The first-order valence-corrected chi connectivity index (χ1v) is 9.47. The minimum atomic E-state index is -0.929. The van der Waals surface area contributed by atoms with E-state index in [1.54, 1.807) is 18.3 Å². The Morgan fingerprint density at radius 1 is 1.22 bits per heavy atom. The number of anilines is 1. The molecule has 2 aromatic rings. The highest BCUT2D eigenvalue weighted by Crippen LogP contribution is 2.27.